The van der Waals surface area contributed by atoms with Gasteiger partial charge in [0.2, 0.25) is 5.95 Å². The quantitative estimate of drug-likeness (QED) is 0.259. The summed E-state index contributed by atoms with van der Waals surface area (Å²) in [5, 5.41) is 17.2. The molecular weight excluding hydrogens is 401 g/mol. The third-order valence-corrected chi connectivity index (χ3v) is 5.34. The minimum atomic E-state index is -0.300. The van der Waals surface area contributed by atoms with Gasteiger partial charge in [-0.1, -0.05) is 40.5 Å². The molecule has 142 valence electrons. The van der Waals surface area contributed by atoms with Crippen molar-refractivity contribution in [3.8, 4) is 0 Å². The van der Waals surface area contributed by atoms with Crippen molar-refractivity contribution in [2.75, 3.05) is 5.32 Å². The molecule has 0 spiro atoms. The van der Waals surface area contributed by atoms with Gasteiger partial charge in [-0.05, 0) is 36.1 Å². The summed E-state index contributed by atoms with van der Waals surface area (Å²) in [6, 6.07) is 8.88. The molecule has 0 radical (unpaired) electrons. The highest BCUT2D eigenvalue weighted by Gasteiger charge is 2.17. The molecule has 0 fully saturated rings. The molecule has 28 heavy (non-hydrogen) atoms. The maximum absolute atomic E-state index is 12.8. The predicted octanol–water partition coefficient (Wildman–Crippen LogP) is 4.58. The van der Waals surface area contributed by atoms with E-state index in [9.17, 15) is 4.79 Å². The molecule has 0 aliphatic rings. The Labute approximate surface area is 169 Å². The number of oxime groups is 1. The van der Waals surface area contributed by atoms with Gasteiger partial charge in [-0.25, -0.2) is 4.98 Å². The zero-order chi connectivity index (χ0) is 20.0. The third-order valence-electron chi connectivity index (χ3n) is 4.71. The van der Waals surface area contributed by atoms with Gasteiger partial charge in [0, 0.05) is 7.05 Å². The molecule has 7 nitrogen and oxygen atoms in total. The number of aromatic amines is 1. The minimum Gasteiger partial charge on any atom is -0.411 e. The summed E-state index contributed by atoms with van der Waals surface area (Å²) in [6.07, 6.45) is 1.20. The van der Waals surface area contributed by atoms with Crippen LogP contribution in [0.2, 0.25) is 10.0 Å². The first kappa shape index (κ1) is 18.3. The van der Waals surface area contributed by atoms with E-state index >= 15 is 0 Å². The second-order valence-corrected chi connectivity index (χ2v) is 7.12. The molecule has 2 aromatic carbocycles. The lowest BCUT2D eigenvalue weighted by atomic mass is 10.0. The summed E-state index contributed by atoms with van der Waals surface area (Å²) in [5.41, 5.74) is 2.79. The first-order valence-electron chi connectivity index (χ1n) is 8.33. The Bertz CT molecular complexity index is 1300. The number of rotatable bonds is 3. The van der Waals surface area contributed by atoms with Gasteiger partial charge in [0.05, 0.1) is 44.1 Å². The fourth-order valence-electron chi connectivity index (χ4n) is 3.30. The molecule has 0 unspecified atom stereocenters. The van der Waals surface area contributed by atoms with Crippen LogP contribution >= 0.6 is 23.2 Å². The fourth-order valence-corrected chi connectivity index (χ4v) is 3.79. The van der Waals surface area contributed by atoms with Crippen LogP contribution in [-0.4, -0.2) is 26.0 Å². The van der Waals surface area contributed by atoms with E-state index in [1.165, 1.54) is 6.21 Å². The maximum Gasteiger partial charge on any atom is 0.258 e. The maximum atomic E-state index is 12.8. The summed E-state index contributed by atoms with van der Waals surface area (Å²) in [7, 11) is 1.81. The lowest BCUT2D eigenvalue weighted by Crippen LogP contribution is -2.12. The number of aromatic nitrogens is 3. The second-order valence-electron chi connectivity index (χ2n) is 6.31. The Balaban J connectivity index is 1.98. The number of anilines is 2. The molecule has 0 amide bonds. The second kappa shape index (κ2) is 6.85. The smallest absolute Gasteiger partial charge is 0.258 e. The first-order chi connectivity index (χ1) is 13.4. The molecular formula is C19H15Cl2N5O2. The summed E-state index contributed by atoms with van der Waals surface area (Å²) in [5.74, 6) is 0.496. The fraction of sp³-hybridized carbons (Fsp3) is 0.105. The van der Waals surface area contributed by atoms with E-state index in [1.807, 2.05) is 19.1 Å². The Hall–Kier alpha value is -3.03. The lowest BCUT2D eigenvalue weighted by molar-refractivity contribution is 0.321. The van der Waals surface area contributed by atoms with Crippen molar-refractivity contribution in [3.63, 3.8) is 0 Å². The van der Waals surface area contributed by atoms with Crippen LogP contribution < -0.4 is 10.9 Å². The van der Waals surface area contributed by atoms with Crippen molar-refractivity contribution >= 4 is 62.9 Å². The number of hydrogen-bond acceptors (Lipinski definition) is 5. The average molecular weight is 416 g/mol. The number of pyridine rings is 1. The van der Waals surface area contributed by atoms with E-state index in [2.05, 4.69) is 20.4 Å². The topological polar surface area (TPSA) is 95.3 Å². The SMILES string of the molecule is Cc1c(C=NO)[nH]c(=O)c2c1ccc1nc(Nc3c(Cl)cccc3Cl)n(C)c12. The van der Waals surface area contributed by atoms with Gasteiger partial charge in [0.1, 0.15) is 0 Å². The van der Waals surface area contributed by atoms with E-state index in [0.717, 1.165) is 10.9 Å². The normalized spacial score (nSPS) is 11.7. The number of hydrogen-bond donors (Lipinski definition) is 3. The molecule has 0 saturated carbocycles. The minimum absolute atomic E-state index is 0.300. The van der Waals surface area contributed by atoms with Gasteiger partial charge in [-0.2, -0.15) is 0 Å². The van der Waals surface area contributed by atoms with Gasteiger partial charge in [-0.3, -0.25) is 4.79 Å². The Morgan fingerprint density at radius 3 is 2.64 bits per heavy atom. The zero-order valence-corrected chi connectivity index (χ0v) is 16.4. The van der Waals surface area contributed by atoms with Gasteiger partial charge < -0.3 is 20.1 Å². The van der Waals surface area contributed by atoms with E-state index in [1.54, 1.807) is 29.8 Å². The largest absolute Gasteiger partial charge is 0.411 e. The molecule has 2 aromatic heterocycles. The number of H-pyrrole nitrogens is 1. The summed E-state index contributed by atoms with van der Waals surface area (Å²) in [4.78, 5) is 20.1. The first-order valence-corrected chi connectivity index (χ1v) is 9.08. The Kier molecular flexibility index (Phi) is 4.49. The van der Waals surface area contributed by atoms with Crippen LogP contribution in [0.25, 0.3) is 21.8 Å². The molecule has 2 heterocycles. The van der Waals surface area contributed by atoms with Crippen LogP contribution in [0.5, 0.6) is 0 Å². The third kappa shape index (κ3) is 2.80. The average Bonchev–Trinajstić information content (AvgIpc) is 2.98. The summed E-state index contributed by atoms with van der Waals surface area (Å²) < 4.78 is 1.78. The molecule has 4 rings (SSSR count). The van der Waals surface area contributed by atoms with Crippen LogP contribution in [0, 0.1) is 6.92 Å². The van der Waals surface area contributed by atoms with Crippen molar-refractivity contribution in [3.05, 3.63) is 62.0 Å². The monoisotopic (exact) mass is 415 g/mol. The van der Waals surface area contributed by atoms with Gasteiger partial charge in [0.25, 0.3) is 5.56 Å². The summed E-state index contributed by atoms with van der Waals surface area (Å²) >= 11 is 12.5. The van der Waals surface area contributed by atoms with E-state index in [4.69, 9.17) is 28.4 Å². The van der Waals surface area contributed by atoms with Gasteiger partial charge in [0.15, 0.2) is 0 Å². The number of nitrogens with one attached hydrogen (secondary N) is 2. The number of benzene rings is 2. The Morgan fingerprint density at radius 2 is 1.96 bits per heavy atom. The van der Waals surface area contributed by atoms with Crippen LogP contribution in [0.4, 0.5) is 11.6 Å². The number of imidazole rings is 1. The predicted molar refractivity (Wildman–Crippen MR) is 113 cm³/mol. The molecule has 0 saturated heterocycles. The molecule has 0 atom stereocenters. The van der Waals surface area contributed by atoms with Crippen molar-refractivity contribution in [2.45, 2.75) is 6.92 Å². The van der Waals surface area contributed by atoms with Crippen molar-refractivity contribution in [2.24, 2.45) is 12.2 Å². The molecule has 4 aromatic rings. The number of halogens is 2. The molecule has 0 aliphatic heterocycles. The lowest BCUT2D eigenvalue weighted by Gasteiger charge is -2.10. The van der Waals surface area contributed by atoms with Crippen LogP contribution in [0.1, 0.15) is 11.3 Å². The Morgan fingerprint density at radius 1 is 1.25 bits per heavy atom. The number of fused-ring (bicyclic) bond motifs is 3. The van der Waals surface area contributed by atoms with Crippen LogP contribution in [0.15, 0.2) is 40.3 Å². The zero-order valence-electron chi connectivity index (χ0n) is 14.9. The summed E-state index contributed by atoms with van der Waals surface area (Å²) in [6.45, 7) is 1.85. The van der Waals surface area contributed by atoms with Crippen LogP contribution in [-0.2, 0) is 7.05 Å². The number of para-hydroxylation sites is 1. The molecule has 3 N–H and O–H groups in total. The van der Waals surface area contributed by atoms with Gasteiger partial charge >= 0.3 is 0 Å². The van der Waals surface area contributed by atoms with Gasteiger partial charge in [-0.15, -0.1) is 0 Å². The molecule has 0 bridgehead atoms. The van der Waals surface area contributed by atoms with E-state index in [-0.39, 0.29) is 5.56 Å². The van der Waals surface area contributed by atoms with Crippen molar-refractivity contribution < 1.29 is 5.21 Å². The number of nitrogens with zero attached hydrogens (tertiary/aromatic N) is 3. The molecule has 9 heteroatoms. The number of aryl methyl sites for hydroxylation is 2. The van der Waals surface area contributed by atoms with E-state index in [0.29, 0.717) is 43.8 Å². The highest BCUT2D eigenvalue weighted by Crippen LogP contribution is 2.34. The highest BCUT2D eigenvalue weighted by atomic mass is 35.5. The molecule has 0 aliphatic carbocycles. The van der Waals surface area contributed by atoms with Crippen molar-refractivity contribution in [1.29, 1.82) is 0 Å². The standard InChI is InChI=1S/C19H15Cl2N5O2/c1-9-10-6-7-13-17(15(10)18(27)23-14(9)8-22-28)26(2)19(24-13)25-16-11(20)4-3-5-12(16)21/h3-8,28H,1-2H3,(H,23,27)(H,24,25). The van der Waals surface area contributed by atoms with Crippen LogP contribution in [0.3, 0.4) is 0 Å². The van der Waals surface area contributed by atoms with E-state index < -0.39 is 0 Å². The highest BCUT2D eigenvalue weighted by molar-refractivity contribution is 6.39. The van der Waals surface area contributed by atoms with Crippen molar-refractivity contribution in [1.82, 2.24) is 14.5 Å².